The van der Waals surface area contributed by atoms with Crippen molar-refractivity contribution in [3.63, 3.8) is 0 Å². The first-order valence-corrected chi connectivity index (χ1v) is 9.53. The Bertz CT molecular complexity index is 913. The maximum Gasteiger partial charge on any atom is 0.258 e. The van der Waals surface area contributed by atoms with Gasteiger partial charge in [-0.05, 0) is 42.7 Å². The fourth-order valence-electron chi connectivity index (χ4n) is 3.94. The Balaban J connectivity index is 1.49. The van der Waals surface area contributed by atoms with Crippen LogP contribution in [-0.4, -0.2) is 25.7 Å². The zero-order valence-electron chi connectivity index (χ0n) is 15.6. The lowest BCUT2D eigenvalue weighted by atomic mass is 9.87. The van der Waals surface area contributed by atoms with Gasteiger partial charge in [0.2, 0.25) is 0 Å². The normalized spacial score (nSPS) is 16.8. The van der Waals surface area contributed by atoms with Gasteiger partial charge in [-0.1, -0.05) is 31.0 Å². The van der Waals surface area contributed by atoms with Gasteiger partial charge >= 0.3 is 0 Å². The molecular weight excluding hydrogens is 356 g/mol. The monoisotopic (exact) mass is 378 g/mol. The van der Waals surface area contributed by atoms with E-state index in [-0.39, 0.29) is 12.5 Å². The highest BCUT2D eigenvalue weighted by molar-refractivity contribution is 5.79. The quantitative estimate of drug-likeness (QED) is 0.863. The Hall–Kier alpha value is -3.20. The predicted octanol–water partition coefficient (Wildman–Crippen LogP) is 3.29. The Morgan fingerprint density at radius 1 is 1.11 bits per heavy atom. The molecule has 1 aliphatic carbocycles. The number of amides is 1. The van der Waals surface area contributed by atoms with Crippen LogP contribution in [0.4, 0.5) is 0 Å². The van der Waals surface area contributed by atoms with Crippen LogP contribution in [0.5, 0.6) is 17.2 Å². The van der Waals surface area contributed by atoms with Gasteiger partial charge in [0.05, 0.1) is 11.1 Å². The third kappa shape index (κ3) is 3.61. The van der Waals surface area contributed by atoms with Gasteiger partial charge in [-0.25, -0.2) is 0 Å². The summed E-state index contributed by atoms with van der Waals surface area (Å²) in [7, 11) is 0. The van der Waals surface area contributed by atoms with Gasteiger partial charge in [0.15, 0.2) is 18.1 Å². The van der Waals surface area contributed by atoms with E-state index in [0.717, 1.165) is 42.7 Å². The highest BCUT2D eigenvalue weighted by atomic mass is 16.6. The first-order chi connectivity index (χ1) is 13.7. The third-order valence-electron chi connectivity index (χ3n) is 5.30. The number of ether oxygens (including phenoxy) is 3. The molecule has 0 bridgehead atoms. The topological polar surface area (TPSA) is 80.6 Å². The molecule has 2 aliphatic rings. The summed E-state index contributed by atoms with van der Waals surface area (Å²) in [4.78, 5) is 12.7. The number of fused-ring (bicyclic) bond motifs is 1. The van der Waals surface area contributed by atoms with Gasteiger partial charge in [-0.2, -0.15) is 5.26 Å². The predicted molar refractivity (Wildman–Crippen MR) is 102 cm³/mol. The zero-order chi connectivity index (χ0) is 19.4. The van der Waals surface area contributed by atoms with E-state index in [2.05, 4.69) is 11.4 Å². The van der Waals surface area contributed by atoms with Crippen molar-refractivity contribution in [2.75, 3.05) is 19.8 Å². The van der Waals surface area contributed by atoms with Crippen LogP contribution >= 0.6 is 0 Å². The number of rotatable bonds is 5. The van der Waals surface area contributed by atoms with E-state index in [9.17, 15) is 4.79 Å². The first-order valence-electron chi connectivity index (χ1n) is 9.53. The average Bonchev–Trinajstić information content (AvgIpc) is 3.21. The van der Waals surface area contributed by atoms with E-state index in [1.165, 1.54) is 0 Å². The van der Waals surface area contributed by atoms with E-state index in [1.54, 1.807) is 24.3 Å². The minimum Gasteiger partial charge on any atom is -0.486 e. The fraction of sp³-hybridized carbons (Fsp3) is 0.364. The van der Waals surface area contributed by atoms with Crippen LogP contribution in [-0.2, 0) is 10.3 Å². The van der Waals surface area contributed by atoms with Crippen molar-refractivity contribution in [1.82, 2.24) is 5.32 Å². The number of hydrogen-bond acceptors (Lipinski definition) is 5. The van der Waals surface area contributed by atoms with Crippen LogP contribution in [0.1, 0.15) is 36.8 Å². The highest BCUT2D eigenvalue weighted by Crippen LogP contribution is 2.42. The van der Waals surface area contributed by atoms with Crippen LogP contribution in [0.15, 0.2) is 42.5 Å². The number of carbonyl (C=O) groups excluding carboxylic acids is 1. The van der Waals surface area contributed by atoms with Crippen LogP contribution < -0.4 is 19.5 Å². The first kappa shape index (κ1) is 18.2. The molecule has 6 heteroatoms. The van der Waals surface area contributed by atoms with E-state index >= 15 is 0 Å². The average molecular weight is 378 g/mol. The SMILES string of the molecule is N#Cc1ccccc1OCC(=O)NC1(c2ccc3c(c2)OCCO3)CCCC1. The second-order valence-electron chi connectivity index (χ2n) is 7.09. The molecule has 0 atom stereocenters. The molecule has 0 radical (unpaired) electrons. The zero-order valence-corrected chi connectivity index (χ0v) is 15.6. The van der Waals surface area contributed by atoms with Gasteiger partial charge in [0.1, 0.15) is 25.0 Å². The molecule has 0 spiro atoms. The molecule has 0 saturated heterocycles. The minimum absolute atomic E-state index is 0.134. The molecule has 1 saturated carbocycles. The molecule has 6 nitrogen and oxygen atoms in total. The van der Waals surface area contributed by atoms with Crippen molar-refractivity contribution in [2.45, 2.75) is 31.2 Å². The Labute approximate surface area is 164 Å². The summed E-state index contributed by atoms with van der Waals surface area (Å²) in [6.07, 6.45) is 3.83. The maximum absolute atomic E-state index is 12.7. The molecule has 2 aromatic rings. The molecule has 1 N–H and O–H groups in total. The van der Waals surface area contributed by atoms with Gasteiger partial charge in [0.25, 0.3) is 5.91 Å². The van der Waals surface area contributed by atoms with Crippen molar-refractivity contribution >= 4 is 5.91 Å². The number of nitrogens with one attached hydrogen (secondary N) is 1. The molecule has 0 unspecified atom stereocenters. The molecule has 0 aromatic heterocycles. The Morgan fingerprint density at radius 2 is 1.86 bits per heavy atom. The Morgan fingerprint density at radius 3 is 2.64 bits per heavy atom. The number of hydrogen-bond donors (Lipinski definition) is 1. The molecule has 1 fully saturated rings. The molecule has 4 rings (SSSR count). The summed E-state index contributed by atoms with van der Waals surface area (Å²) < 4.78 is 16.9. The van der Waals surface area contributed by atoms with E-state index < -0.39 is 5.54 Å². The lowest BCUT2D eigenvalue weighted by molar-refractivity contribution is -0.125. The van der Waals surface area contributed by atoms with Crippen molar-refractivity contribution in [1.29, 1.82) is 5.26 Å². The summed E-state index contributed by atoms with van der Waals surface area (Å²) in [6, 6.07) is 14.9. The van der Waals surface area contributed by atoms with Gasteiger partial charge in [-0.15, -0.1) is 0 Å². The summed E-state index contributed by atoms with van der Waals surface area (Å²) in [6.45, 7) is 0.947. The van der Waals surface area contributed by atoms with E-state index in [1.807, 2.05) is 18.2 Å². The number of benzene rings is 2. The summed E-state index contributed by atoms with van der Waals surface area (Å²) in [5.41, 5.74) is 1.02. The summed E-state index contributed by atoms with van der Waals surface area (Å²) in [5, 5.41) is 12.3. The largest absolute Gasteiger partial charge is 0.486 e. The standard InChI is InChI=1S/C22H22N2O4/c23-14-16-5-1-2-6-18(16)28-15-21(25)24-22(9-3-4-10-22)17-7-8-19-20(13-17)27-12-11-26-19/h1-2,5-8,13H,3-4,9-12,15H2,(H,24,25). The summed E-state index contributed by atoms with van der Waals surface area (Å²) in [5.74, 6) is 1.68. The molecule has 2 aromatic carbocycles. The van der Waals surface area contributed by atoms with E-state index in [0.29, 0.717) is 24.5 Å². The molecular formula is C22H22N2O4. The minimum atomic E-state index is -0.426. The molecule has 1 aliphatic heterocycles. The smallest absolute Gasteiger partial charge is 0.258 e. The van der Waals surface area contributed by atoms with Crippen LogP contribution in [0.25, 0.3) is 0 Å². The second-order valence-corrected chi connectivity index (χ2v) is 7.09. The number of nitriles is 1. The third-order valence-corrected chi connectivity index (χ3v) is 5.30. The second kappa shape index (κ2) is 7.81. The molecule has 1 heterocycles. The maximum atomic E-state index is 12.7. The summed E-state index contributed by atoms with van der Waals surface area (Å²) >= 11 is 0. The van der Waals surface area contributed by atoms with Crippen molar-refractivity contribution in [3.05, 3.63) is 53.6 Å². The van der Waals surface area contributed by atoms with Crippen molar-refractivity contribution in [3.8, 4) is 23.3 Å². The molecule has 1 amide bonds. The molecule has 28 heavy (non-hydrogen) atoms. The fourth-order valence-corrected chi connectivity index (χ4v) is 3.94. The number of nitrogens with zero attached hydrogens (tertiary/aromatic N) is 1. The lowest BCUT2D eigenvalue weighted by Crippen LogP contribution is -2.45. The number of para-hydroxylation sites is 1. The van der Waals surface area contributed by atoms with Gasteiger partial charge in [0, 0.05) is 0 Å². The lowest BCUT2D eigenvalue weighted by Gasteiger charge is -2.32. The highest BCUT2D eigenvalue weighted by Gasteiger charge is 2.38. The van der Waals surface area contributed by atoms with E-state index in [4.69, 9.17) is 19.5 Å². The number of carbonyl (C=O) groups is 1. The van der Waals surface area contributed by atoms with Crippen LogP contribution in [0.2, 0.25) is 0 Å². The van der Waals surface area contributed by atoms with Gasteiger partial charge < -0.3 is 19.5 Å². The van der Waals surface area contributed by atoms with Crippen LogP contribution in [0.3, 0.4) is 0 Å². The van der Waals surface area contributed by atoms with Crippen molar-refractivity contribution in [2.24, 2.45) is 0 Å². The Kier molecular flexibility index (Phi) is 5.07. The van der Waals surface area contributed by atoms with Gasteiger partial charge in [-0.3, -0.25) is 4.79 Å². The van der Waals surface area contributed by atoms with Crippen LogP contribution in [0, 0.1) is 11.3 Å². The molecule has 144 valence electrons. The van der Waals surface area contributed by atoms with Crippen molar-refractivity contribution < 1.29 is 19.0 Å².